The highest BCUT2D eigenvalue weighted by Crippen LogP contribution is 2.31. The van der Waals surface area contributed by atoms with Crippen molar-refractivity contribution in [1.82, 2.24) is 0 Å². The zero-order valence-corrected chi connectivity index (χ0v) is 11.9. The van der Waals surface area contributed by atoms with Gasteiger partial charge in [0.2, 0.25) is 0 Å². The van der Waals surface area contributed by atoms with Gasteiger partial charge in [0.1, 0.15) is 11.8 Å². The van der Waals surface area contributed by atoms with E-state index in [0.717, 1.165) is 18.7 Å². The van der Waals surface area contributed by atoms with E-state index in [4.69, 9.17) is 4.74 Å². The van der Waals surface area contributed by atoms with Crippen molar-refractivity contribution >= 4 is 11.4 Å². The van der Waals surface area contributed by atoms with Crippen molar-refractivity contribution in [2.45, 2.75) is 13.0 Å². The van der Waals surface area contributed by atoms with Crippen LogP contribution in [0.25, 0.3) is 0 Å². The van der Waals surface area contributed by atoms with Gasteiger partial charge in [-0.1, -0.05) is 24.3 Å². The monoisotopic (exact) mass is 279 g/mol. The normalized spacial score (nSPS) is 12.2. The van der Waals surface area contributed by atoms with Crippen LogP contribution in [0.5, 0.6) is 5.75 Å². The van der Waals surface area contributed by atoms with E-state index in [1.807, 2.05) is 12.1 Å². The second-order valence-corrected chi connectivity index (χ2v) is 4.98. The van der Waals surface area contributed by atoms with Gasteiger partial charge in [-0.3, -0.25) is 0 Å². The third-order valence-electron chi connectivity index (χ3n) is 3.76. The second-order valence-electron chi connectivity index (χ2n) is 4.98. The summed E-state index contributed by atoms with van der Waals surface area (Å²) in [7, 11) is 1.61. The minimum Gasteiger partial charge on any atom is -0.495 e. The van der Waals surface area contributed by atoms with Crippen LogP contribution in [-0.2, 0) is 13.0 Å². The van der Waals surface area contributed by atoms with Crippen LogP contribution in [0.2, 0.25) is 0 Å². The summed E-state index contributed by atoms with van der Waals surface area (Å²) in [5.74, 6) is 0.689. The minimum absolute atomic E-state index is 0.592. The number of ether oxygens (including phenoxy) is 1. The summed E-state index contributed by atoms with van der Waals surface area (Å²) in [5.41, 5.74) is 5.13. The van der Waals surface area contributed by atoms with Crippen LogP contribution in [-0.4, -0.2) is 13.7 Å². The molecule has 2 aromatic carbocycles. The maximum atomic E-state index is 9.23. The number of para-hydroxylation sites is 2. The molecule has 3 rings (SSSR count). The highest BCUT2D eigenvalue weighted by atomic mass is 16.5. The average Bonchev–Trinajstić information content (AvgIpc) is 3.01. The van der Waals surface area contributed by atoms with Gasteiger partial charge in [0.15, 0.2) is 0 Å². The molecule has 4 nitrogen and oxygen atoms in total. The fourth-order valence-electron chi connectivity index (χ4n) is 2.72. The molecule has 0 aliphatic carbocycles. The molecular formula is C17H17N3O. The molecule has 4 heteroatoms. The summed E-state index contributed by atoms with van der Waals surface area (Å²) < 4.78 is 5.34. The zero-order chi connectivity index (χ0) is 14.7. The Morgan fingerprint density at radius 3 is 2.95 bits per heavy atom. The Morgan fingerprint density at radius 2 is 2.14 bits per heavy atom. The van der Waals surface area contributed by atoms with Crippen molar-refractivity contribution in [2.75, 3.05) is 24.3 Å². The average molecular weight is 279 g/mol. The van der Waals surface area contributed by atoms with Crippen LogP contribution in [0.4, 0.5) is 11.4 Å². The first-order chi connectivity index (χ1) is 10.3. The minimum atomic E-state index is 0.592. The highest BCUT2D eigenvalue weighted by Gasteiger charge is 2.14. The number of anilines is 2. The van der Waals surface area contributed by atoms with Crippen LogP contribution < -0.4 is 15.4 Å². The van der Waals surface area contributed by atoms with Gasteiger partial charge in [-0.25, -0.2) is 0 Å². The van der Waals surface area contributed by atoms with E-state index < -0.39 is 0 Å². The van der Waals surface area contributed by atoms with Gasteiger partial charge in [-0.15, -0.1) is 0 Å². The van der Waals surface area contributed by atoms with Gasteiger partial charge >= 0.3 is 0 Å². The summed E-state index contributed by atoms with van der Waals surface area (Å²) in [6, 6.07) is 14.0. The molecule has 0 unspecified atom stereocenters. The van der Waals surface area contributed by atoms with Gasteiger partial charge < -0.3 is 15.4 Å². The van der Waals surface area contributed by atoms with Crippen molar-refractivity contribution in [1.29, 1.82) is 5.26 Å². The topological polar surface area (TPSA) is 57.1 Å². The summed E-state index contributed by atoms with van der Waals surface area (Å²) in [4.78, 5) is 0. The first-order valence-corrected chi connectivity index (χ1v) is 6.99. The molecule has 106 valence electrons. The molecular weight excluding hydrogens is 262 g/mol. The van der Waals surface area contributed by atoms with Crippen LogP contribution >= 0.6 is 0 Å². The third-order valence-corrected chi connectivity index (χ3v) is 3.76. The van der Waals surface area contributed by atoms with Gasteiger partial charge in [0.05, 0.1) is 18.4 Å². The molecule has 0 amide bonds. The van der Waals surface area contributed by atoms with E-state index in [9.17, 15) is 5.26 Å². The number of nitrogens with zero attached hydrogens (tertiary/aromatic N) is 1. The standard InChI is InChI=1S/C17H17N3O/c1-21-15-7-3-5-13(10-18)17(15)20-11-14-6-2-4-12-8-9-19-16(12)14/h2-7,19-20H,8-9,11H2,1H3. The molecule has 1 aliphatic rings. The number of benzene rings is 2. The summed E-state index contributed by atoms with van der Waals surface area (Å²) >= 11 is 0. The van der Waals surface area contributed by atoms with Crippen molar-refractivity contribution in [3.8, 4) is 11.8 Å². The predicted octanol–water partition coefficient (Wildman–Crippen LogP) is 3.15. The number of fused-ring (bicyclic) bond motifs is 1. The Morgan fingerprint density at radius 1 is 1.29 bits per heavy atom. The zero-order valence-electron chi connectivity index (χ0n) is 11.9. The molecule has 0 saturated heterocycles. The molecule has 1 heterocycles. The molecule has 21 heavy (non-hydrogen) atoms. The Bertz CT molecular complexity index is 704. The van der Waals surface area contributed by atoms with E-state index in [1.54, 1.807) is 13.2 Å². The number of methoxy groups -OCH3 is 1. The fourth-order valence-corrected chi connectivity index (χ4v) is 2.72. The number of nitriles is 1. The molecule has 0 saturated carbocycles. The van der Waals surface area contributed by atoms with Crippen LogP contribution in [0, 0.1) is 11.3 Å². The molecule has 1 aliphatic heterocycles. The maximum absolute atomic E-state index is 9.23. The molecule has 0 radical (unpaired) electrons. The quantitative estimate of drug-likeness (QED) is 0.902. The van der Waals surface area contributed by atoms with Crippen LogP contribution in [0.1, 0.15) is 16.7 Å². The lowest BCUT2D eigenvalue weighted by Crippen LogP contribution is -2.05. The lowest BCUT2D eigenvalue weighted by atomic mass is 10.1. The summed E-state index contributed by atoms with van der Waals surface area (Å²) in [5, 5.41) is 16.0. The van der Waals surface area contributed by atoms with E-state index in [2.05, 4.69) is 34.9 Å². The van der Waals surface area contributed by atoms with E-state index >= 15 is 0 Å². The summed E-state index contributed by atoms with van der Waals surface area (Å²) in [6.07, 6.45) is 1.07. The van der Waals surface area contributed by atoms with Crippen molar-refractivity contribution in [3.05, 3.63) is 53.1 Å². The SMILES string of the molecule is COc1cccc(C#N)c1NCc1cccc2c1NCC2. The second kappa shape index (κ2) is 5.76. The van der Waals surface area contributed by atoms with Crippen molar-refractivity contribution < 1.29 is 4.74 Å². The molecule has 0 bridgehead atoms. The Labute approximate surface area is 124 Å². The van der Waals surface area contributed by atoms with Gasteiger partial charge in [0, 0.05) is 18.8 Å². The van der Waals surface area contributed by atoms with Crippen LogP contribution in [0.15, 0.2) is 36.4 Å². The largest absolute Gasteiger partial charge is 0.495 e. The molecule has 2 N–H and O–H groups in total. The van der Waals surface area contributed by atoms with E-state index in [0.29, 0.717) is 17.9 Å². The Hall–Kier alpha value is -2.67. The molecule has 0 aromatic heterocycles. The maximum Gasteiger partial charge on any atom is 0.143 e. The van der Waals surface area contributed by atoms with E-state index in [-0.39, 0.29) is 0 Å². The van der Waals surface area contributed by atoms with Crippen molar-refractivity contribution in [3.63, 3.8) is 0 Å². The van der Waals surface area contributed by atoms with E-state index in [1.165, 1.54) is 16.8 Å². The molecule has 0 spiro atoms. The number of hydrogen-bond donors (Lipinski definition) is 2. The lowest BCUT2D eigenvalue weighted by molar-refractivity contribution is 0.416. The third kappa shape index (κ3) is 2.50. The predicted molar refractivity (Wildman–Crippen MR) is 83.7 cm³/mol. The number of hydrogen-bond acceptors (Lipinski definition) is 4. The van der Waals surface area contributed by atoms with Crippen molar-refractivity contribution in [2.24, 2.45) is 0 Å². The Balaban J connectivity index is 1.86. The van der Waals surface area contributed by atoms with Gasteiger partial charge in [0.25, 0.3) is 0 Å². The Kier molecular flexibility index (Phi) is 3.65. The van der Waals surface area contributed by atoms with Gasteiger partial charge in [-0.05, 0) is 29.7 Å². The lowest BCUT2D eigenvalue weighted by Gasteiger charge is -2.14. The van der Waals surface area contributed by atoms with Gasteiger partial charge in [-0.2, -0.15) is 5.26 Å². The first kappa shape index (κ1) is 13.3. The number of rotatable bonds is 4. The highest BCUT2D eigenvalue weighted by molar-refractivity contribution is 5.68. The smallest absolute Gasteiger partial charge is 0.143 e. The fraction of sp³-hybridized carbons (Fsp3) is 0.235. The molecule has 2 aromatic rings. The first-order valence-electron chi connectivity index (χ1n) is 6.99. The number of nitrogens with one attached hydrogen (secondary N) is 2. The molecule has 0 fully saturated rings. The molecule has 0 atom stereocenters. The van der Waals surface area contributed by atoms with Crippen LogP contribution in [0.3, 0.4) is 0 Å². The summed E-state index contributed by atoms with van der Waals surface area (Å²) in [6.45, 7) is 1.65.